The first-order valence-electron chi connectivity index (χ1n) is 17.9. The van der Waals surface area contributed by atoms with Gasteiger partial charge < -0.3 is 15.5 Å². The summed E-state index contributed by atoms with van der Waals surface area (Å²) in [6.45, 7) is 3.12. The third-order valence-electron chi connectivity index (χ3n) is 8.36. The molecule has 2 atom stereocenters. The minimum absolute atomic E-state index is 0.0708. The lowest BCUT2D eigenvalue weighted by Gasteiger charge is -2.20. The van der Waals surface area contributed by atoms with Crippen LogP contribution in [-0.4, -0.2) is 34.9 Å². The Morgan fingerprint density at radius 1 is 0.690 bits per heavy atom. The van der Waals surface area contributed by atoms with Crippen molar-refractivity contribution in [1.82, 2.24) is 5.32 Å². The number of nitrogens with zero attached hydrogens (tertiary/aromatic N) is 1. The van der Waals surface area contributed by atoms with E-state index in [4.69, 9.17) is 0 Å². The lowest BCUT2D eigenvalue weighted by molar-refractivity contribution is -0.697. The molecule has 42 heavy (non-hydrogen) atoms. The van der Waals surface area contributed by atoms with Crippen LogP contribution in [0.2, 0.25) is 0 Å². The maximum absolute atomic E-state index is 12.3. The van der Waals surface area contributed by atoms with Gasteiger partial charge in [0.05, 0.1) is 18.8 Å². The molecule has 1 aromatic rings. The van der Waals surface area contributed by atoms with Crippen LogP contribution in [0.5, 0.6) is 0 Å². The van der Waals surface area contributed by atoms with Gasteiger partial charge in [-0.3, -0.25) is 4.79 Å². The molecule has 1 heterocycles. The average molecular weight is 588 g/mol. The van der Waals surface area contributed by atoms with Crippen LogP contribution in [0.1, 0.15) is 161 Å². The first-order chi connectivity index (χ1) is 20.7. The third-order valence-corrected chi connectivity index (χ3v) is 8.36. The zero-order chi connectivity index (χ0) is 30.4. The van der Waals surface area contributed by atoms with Gasteiger partial charge in [-0.2, -0.15) is 0 Å². The van der Waals surface area contributed by atoms with E-state index in [0.717, 1.165) is 32.2 Å². The molecule has 0 bridgehead atoms. The fraction of sp³-hybridized carbons (Fsp3) is 0.784. The lowest BCUT2D eigenvalue weighted by Crippen LogP contribution is -2.45. The fourth-order valence-electron chi connectivity index (χ4n) is 5.57. The second-order valence-corrected chi connectivity index (χ2v) is 12.4. The molecule has 3 N–H and O–H groups in total. The van der Waals surface area contributed by atoms with E-state index < -0.39 is 12.1 Å². The van der Waals surface area contributed by atoms with E-state index in [9.17, 15) is 15.0 Å². The minimum atomic E-state index is -0.845. The van der Waals surface area contributed by atoms with Crippen LogP contribution in [0.4, 0.5) is 0 Å². The molecule has 0 fully saturated rings. The van der Waals surface area contributed by atoms with Gasteiger partial charge in [-0.25, -0.2) is 4.57 Å². The monoisotopic (exact) mass is 588 g/mol. The van der Waals surface area contributed by atoms with Gasteiger partial charge in [0.15, 0.2) is 12.4 Å². The molecule has 5 heteroatoms. The molecule has 0 saturated heterocycles. The lowest BCUT2D eigenvalue weighted by atomic mass is 10.0. The van der Waals surface area contributed by atoms with Crippen LogP contribution in [0.15, 0.2) is 42.7 Å². The van der Waals surface area contributed by atoms with Gasteiger partial charge in [-0.1, -0.05) is 141 Å². The molecule has 0 aliphatic rings. The molecule has 5 nitrogen and oxygen atoms in total. The molecule has 0 saturated carbocycles. The van der Waals surface area contributed by atoms with Crippen molar-refractivity contribution in [1.29, 1.82) is 0 Å². The molecule has 0 unspecified atom stereocenters. The predicted molar refractivity (Wildman–Crippen MR) is 177 cm³/mol. The first-order valence-corrected chi connectivity index (χ1v) is 17.9. The Labute approximate surface area is 259 Å². The summed E-state index contributed by atoms with van der Waals surface area (Å²) < 4.78 is 2.25. The molecular formula is C37H67N2O3+. The highest BCUT2D eigenvalue weighted by Crippen LogP contribution is 2.14. The summed E-state index contributed by atoms with van der Waals surface area (Å²) in [5.74, 6) is -0.0708. The molecule has 0 aliphatic carbocycles. The van der Waals surface area contributed by atoms with Gasteiger partial charge >= 0.3 is 0 Å². The molecular weight excluding hydrogens is 520 g/mol. The number of aliphatic hydroxyl groups is 2. The largest absolute Gasteiger partial charge is 0.394 e. The fourth-order valence-corrected chi connectivity index (χ4v) is 5.57. The molecule has 0 aliphatic heterocycles. The number of unbranched alkanes of at least 4 members (excludes halogenated alkanes) is 21. The SMILES string of the molecule is CCCCCCCCCCCCCCCCCC(=O)N[C@@H](CO)[C@H](O)/C=C/CCCCCCCCC[n+]1ccccc1. The van der Waals surface area contributed by atoms with Crippen molar-refractivity contribution in [2.75, 3.05) is 6.61 Å². The van der Waals surface area contributed by atoms with Gasteiger partial charge in [0.2, 0.25) is 5.91 Å². The highest BCUT2D eigenvalue weighted by molar-refractivity contribution is 5.76. The highest BCUT2D eigenvalue weighted by atomic mass is 16.3. The number of hydrogen-bond donors (Lipinski definition) is 3. The number of allylic oxidation sites excluding steroid dienone is 1. The molecule has 1 rings (SSSR count). The maximum Gasteiger partial charge on any atom is 0.220 e. The Balaban J connectivity index is 1.92. The highest BCUT2D eigenvalue weighted by Gasteiger charge is 2.17. The zero-order valence-electron chi connectivity index (χ0n) is 27.3. The maximum atomic E-state index is 12.3. The van der Waals surface area contributed by atoms with Crippen LogP contribution >= 0.6 is 0 Å². The summed E-state index contributed by atoms with van der Waals surface area (Å²) in [5, 5.41) is 22.9. The normalized spacial score (nSPS) is 13.0. The van der Waals surface area contributed by atoms with Crippen molar-refractivity contribution in [2.24, 2.45) is 0 Å². The number of rotatable bonds is 30. The Hall–Kier alpha value is -1.72. The quantitative estimate of drug-likeness (QED) is 0.0479. The van der Waals surface area contributed by atoms with Crippen molar-refractivity contribution in [3.8, 4) is 0 Å². The Morgan fingerprint density at radius 2 is 1.17 bits per heavy atom. The Kier molecular flexibility index (Phi) is 26.8. The van der Waals surface area contributed by atoms with Crippen LogP contribution in [0.25, 0.3) is 0 Å². The second-order valence-electron chi connectivity index (χ2n) is 12.4. The summed E-state index contributed by atoms with van der Waals surface area (Å²) in [6.07, 6.45) is 36.8. The van der Waals surface area contributed by atoms with E-state index in [1.54, 1.807) is 6.08 Å². The second kappa shape index (κ2) is 29.4. The van der Waals surface area contributed by atoms with E-state index in [-0.39, 0.29) is 12.5 Å². The molecule has 1 amide bonds. The Morgan fingerprint density at radius 3 is 1.69 bits per heavy atom. The predicted octanol–water partition coefficient (Wildman–Crippen LogP) is 8.75. The number of nitrogens with one attached hydrogen (secondary N) is 1. The summed E-state index contributed by atoms with van der Waals surface area (Å²) in [7, 11) is 0. The average Bonchev–Trinajstić information content (AvgIpc) is 3.01. The van der Waals surface area contributed by atoms with Crippen molar-refractivity contribution in [3.63, 3.8) is 0 Å². The number of aryl methyl sites for hydroxylation is 1. The smallest absolute Gasteiger partial charge is 0.220 e. The molecule has 0 spiro atoms. The van der Waals surface area contributed by atoms with Crippen molar-refractivity contribution < 1.29 is 19.6 Å². The van der Waals surface area contributed by atoms with Gasteiger partial charge in [0, 0.05) is 25.0 Å². The van der Waals surface area contributed by atoms with E-state index in [0.29, 0.717) is 6.42 Å². The van der Waals surface area contributed by atoms with Gasteiger partial charge in [-0.15, -0.1) is 0 Å². The first kappa shape index (κ1) is 38.3. The summed E-state index contributed by atoms with van der Waals surface area (Å²) in [6, 6.07) is 5.59. The van der Waals surface area contributed by atoms with Crippen LogP contribution in [0, 0.1) is 0 Å². The zero-order valence-corrected chi connectivity index (χ0v) is 27.3. The van der Waals surface area contributed by atoms with E-state index in [1.165, 1.54) is 122 Å². The van der Waals surface area contributed by atoms with Crippen molar-refractivity contribution >= 4 is 5.91 Å². The molecule has 1 aromatic heterocycles. The summed E-state index contributed by atoms with van der Waals surface area (Å²) in [5.41, 5.74) is 0. The number of amides is 1. The molecule has 242 valence electrons. The van der Waals surface area contributed by atoms with Gasteiger partial charge in [-0.05, 0) is 25.7 Å². The number of aliphatic hydroxyl groups excluding tert-OH is 2. The van der Waals surface area contributed by atoms with Crippen molar-refractivity contribution in [2.45, 2.75) is 180 Å². The van der Waals surface area contributed by atoms with E-state index in [2.05, 4.69) is 47.4 Å². The Bertz CT molecular complexity index is 740. The summed E-state index contributed by atoms with van der Waals surface area (Å²) >= 11 is 0. The number of pyridine rings is 1. The minimum Gasteiger partial charge on any atom is -0.394 e. The van der Waals surface area contributed by atoms with Gasteiger partial charge in [0.1, 0.15) is 6.54 Å². The topological polar surface area (TPSA) is 73.4 Å². The van der Waals surface area contributed by atoms with Gasteiger partial charge in [0.25, 0.3) is 0 Å². The molecule has 0 radical (unpaired) electrons. The van der Waals surface area contributed by atoms with Crippen LogP contribution in [-0.2, 0) is 11.3 Å². The van der Waals surface area contributed by atoms with E-state index >= 15 is 0 Å². The van der Waals surface area contributed by atoms with Crippen LogP contribution < -0.4 is 9.88 Å². The number of hydrogen-bond acceptors (Lipinski definition) is 3. The molecule has 0 aromatic carbocycles. The van der Waals surface area contributed by atoms with E-state index in [1.807, 2.05) is 6.08 Å². The number of carbonyl (C=O) groups is 1. The number of carbonyl (C=O) groups excluding carboxylic acids is 1. The third kappa shape index (κ3) is 23.8. The van der Waals surface area contributed by atoms with Crippen molar-refractivity contribution in [3.05, 3.63) is 42.7 Å². The van der Waals surface area contributed by atoms with Crippen LogP contribution in [0.3, 0.4) is 0 Å². The standard InChI is InChI=1S/C37H66N2O3/c1-2-3-4-5-6-7-8-9-10-11-12-15-18-21-25-30-37(42)38-35(34-40)36(41)29-24-20-17-14-13-16-19-22-26-31-39-32-27-23-28-33-39/h23-24,27-29,32-33,35-36,40-41H,2-22,25-26,30-31,34H2,1H3/p+1/b29-24+/t35-,36+/m0/s1. The number of aromatic nitrogens is 1. The summed E-state index contributed by atoms with van der Waals surface area (Å²) in [4.78, 5) is 12.3.